The summed E-state index contributed by atoms with van der Waals surface area (Å²) in [4.78, 5) is 9.34. The lowest BCUT2D eigenvalue weighted by atomic mass is 10.2. The van der Waals surface area contributed by atoms with Gasteiger partial charge in [0.1, 0.15) is 17.2 Å². The van der Waals surface area contributed by atoms with Gasteiger partial charge < -0.3 is 14.0 Å². The van der Waals surface area contributed by atoms with E-state index in [0.717, 1.165) is 49.8 Å². The zero-order valence-electron chi connectivity index (χ0n) is 14.2. The predicted octanol–water partition coefficient (Wildman–Crippen LogP) is 2.80. The summed E-state index contributed by atoms with van der Waals surface area (Å²) in [5.41, 5.74) is 2.99. The molecule has 4 rings (SSSR count). The van der Waals surface area contributed by atoms with Gasteiger partial charge >= 0.3 is 0 Å². The molecule has 1 fully saturated rings. The van der Waals surface area contributed by atoms with E-state index in [9.17, 15) is 4.39 Å². The molecule has 1 aliphatic rings. The summed E-state index contributed by atoms with van der Waals surface area (Å²) in [6.45, 7) is 4.71. The first-order valence-corrected chi connectivity index (χ1v) is 8.46. The monoisotopic (exact) mass is 340 g/mol. The Bertz CT molecular complexity index is 853. The van der Waals surface area contributed by atoms with Crippen molar-refractivity contribution in [1.29, 1.82) is 0 Å². The minimum Gasteiger partial charge on any atom is -0.497 e. The van der Waals surface area contributed by atoms with Gasteiger partial charge in [0, 0.05) is 50.8 Å². The van der Waals surface area contributed by atoms with Crippen molar-refractivity contribution in [2.24, 2.45) is 0 Å². The van der Waals surface area contributed by atoms with Crippen LogP contribution >= 0.6 is 0 Å². The van der Waals surface area contributed by atoms with Crippen LogP contribution in [0.25, 0.3) is 5.65 Å². The Morgan fingerprint density at radius 2 is 1.76 bits per heavy atom. The van der Waals surface area contributed by atoms with Crippen LogP contribution in [-0.4, -0.2) is 47.6 Å². The van der Waals surface area contributed by atoms with Crippen molar-refractivity contribution < 1.29 is 9.13 Å². The van der Waals surface area contributed by atoms with Crippen molar-refractivity contribution in [3.63, 3.8) is 0 Å². The Labute approximate surface area is 146 Å². The highest BCUT2D eigenvalue weighted by molar-refractivity contribution is 5.49. The number of anilines is 1. The molecule has 1 aromatic carbocycles. The number of piperazine rings is 1. The summed E-state index contributed by atoms with van der Waals surface area (Å²) in [5.74, 6) is 0.634. The zero-order chi connectivity index (χ0) is 17.2. The lowest BCUT2D eigenvalue weighted by Crippen LogP contribution is -2.46. The van der Waals surface area contributed by atoms with Crippen LogP contribution in [0.15, 0.2) is 48.8 Å². The van der Waals surface area contributed by atoms with Crippen LogP contribution < -0.4 is 9.64 Å². The normalized spacial score (nSPS) is 15.7. The SMILES string of the molecule is COc1ccc(N2CCN(Cc3cn4cc(F)ccc4n3)CC2)cc1. The number of fused-ring (bicyclic) bond motifs is 1. The standard InChI is InChI=1S/C19H21FN4O/c1-25-18-5-3-17(4-6-18)23-10-8-22(9-11-23)13-16-14-24-12-15(20)2-7-19(24)21-16/h2-7,12,14H,8-11,13H2,1H3. The fourth-order valence-corrected chi connectivity index (χ4v) is 3.28. The Morgan fingerprint density at radius 1 is 1.00 bits per heavy atom. The third-order valence-electron chi connectivity index (χ3n) is 4.66. The molecule has 0 saturated carbocycles. The fraction of sp³-hybridized carbons (Fsp3) is 0.316. The maximum absolute atomic E-state index is 13.3. The van der Waals surface area contributed by atoms with E-state index in [2.05, 4.69) is 26.9 Å². The maximum atomic E-state index is 13.3. The summed E-state index contributed by atoms with van der Waals surface area (Å²) in [6, 6.07) is 11.4. The summed E-state index contributed by atoms with van der Waals surface area (Å²) in [7, 11) is 1.68. The second-order valence-electron chi connectivity index (χ2n) is 6.31. The highest BCUT2D eigenvalue weighted by atomic mass is 19.1. The molecule has 5 nitrogen and oxygen atoms in total. The van der Waals surface area contributed by atoms with E-state index in [1.807, 2.05) is 18.3 Å². The second-order valence-corrected chi connectivity index (χ2v) is 6.31. The second kappa shape index (κ2) is 6.72. The van der Waals surface area contributed by atoms with Crippen molar-refractivity contribution in [1.82, 2.24) is 14.3 Å². The molecule has 0 amide bonds. The van der Waals surface area contributed by atoms with Crippen LogP contribution in [0.4, 0.5) is 10.1 Å². The third kappa shape index (κ3) is 3.44. The molecule has 130 valence electrons. The Hall–Kier alpha value is -2.60. The number of benzene rings is 1. The van der Waals surface area contributed by atoms with Crippen LogP contribution in [0.5, 0.6) is 5.75 Å². The minimum atomic E-state index is -0.246. The average molecular weight is 340 g/mol. The minimum absolute atomic E-state index is 0.246. The van der Waals surface area contributed by atoms with E-state index in [4.69, 9.17) is 4.74 Å². The van der Waals surface area contributed by atoms with E-state index in [-0.39, 0.29) is 5.82 Å². The quantitative estimate of drug-likeness (QED) is 0.731. The molecule has 0 unspecified atom stereocenters. The van der Waals surface area contributed by atoms with E-state index >= 15 is 0 Å². The molecule has 3 heterocycles. The molecule has 0 spiro atoms. The Kier molecular flexibility index (Phi) is 4.28. The fourth-order valence-electron chi connectivity index (χ4n) is 3.28. The molecule has 6 heteroatoms. The molecule has 0 radical (unpaired) electrons. The van der Waals surface area contributed by atoms with Crippen molar-refractivity contribution in [2.45, 2.75) is 6.54 Å². The van der Waals surface area contributed by atoms with Crippen LogP contribution in [0.1, 0.15) is 5.69 Å². The van der Waals surface area contributed by atoms with Gasteiger partial charge in [-0.3, -0.25) is 4.90 Å². The number of aromatic nitrogens is 2. The van der Waals surface area contributed by atoms with Gasteiger partial charge in [-0.2, -0.15) is 0 Å². The molecule has 0 bridgehead atoms. The molecule has 2 aromatic heterocycles. The van der Waals surface area contributed by atoms with Crippen LogP contribution in [0, 0.1) is 5.82 Å². The zero-order valence-corrected chi connectivity index (χ0v) is 14.2. The van der Waals surface area contributed by atoms with Gasteiger partial charge in [0.05, 0.1) is 12.8 Å². The van der Waals surface area contributed by atoms with Crippen molar-refractivity contribution in [3.8, 4) is 5.75 Å². The van der Waals surface area contributed by atoms with Crippen molar-refractivity contribution >= 4 is 11.3 Å². The summed E-state index contributed by atoms with van der Waals surface area (Å²) < 4.78 is 20.2. The highest BCUT2D eigenvalue weighted by Crippen LogP contribution is 2.21. The lowest BCUT2D eigenvalue weighted by Gasteiger charge is -2.35. The number of ether oxygens (including phenoxy) is 1. The number of nitrogens with zero attached hydrogens (tertiary/aromatic N) is 4. The molecular weight excluding hydrogens is 319 g/mol. The van der Waals surface area contributed by atoms with Gasteiger partial charge in [-0.25, -0.2) is 9.37 Å². The van der Waals surface area contributed by atoms with Gasteiger partial charge in [0.2, 0.25) is 0 Å². The van der Waals surface area contributed by atoms with Crippen molar-refractivity contribution in [2.75, 3.05) is 38.2 Å². The van der Waals surface area contributed by atoms with Gasteiger partial charge in [-0.15, -0.1) is 0 Å². The number of halogens is 1. The number of methoxy groups -OCH3 is 1. The summed E-state index contributed by atoms with van der Waals surface area (Å²) in [5, 5.41) is 0. The predicted molar refractivity (Wildman–Crippen MR) is 95.6 cm³/mol. The third-order valence-corrected chi connectivity index (χ3v) is 4.66. The number of hydrogen-bond donors (Lipinski definition) is 0. The smallest absolute Gasteiger partial charge is 0.139 e. The average Bonchev–Trinajstić information content (AvgIpc) is 3.04. The van der Waals surface area contributed by atoms with Gasteiger partial charge in [-0.05, 0) is 36.4 Å². The highest BCUT2D eigenvalue weighted by Gasteiger charge is 2.18. The topological polar surface area (TPSA) is 33.0 Å². The van der Waals surface area contributed by atoms with Crippen molar-refractivity contribution in [3.05, 3.63) is 60.3 Å². The number of pyridine rings is 1. The first-order valence-electron chi connectivity index (χ1n) is 8.46. The van der Waals surface area contributed by atoms with Gasteiger partial charge in [0.25, 0.3) is 0 Å². The molecular formula is C19H21FN4O. The maximum Gasteiger partial charge on any atom is 0.139 e. The molecule has 25 heavy (non-hydrogen) atoms. The van der Waals surface area contributed by atoms with E-state index < -0.39 is 0 Å². The molecule has 0 N–H and O–H groups in total. The van der Waals surface area contributed by atoms with E-state index in [1.165, 1.54) is 18.0 Å². The first kappa shape index (κ1) is 15.9. The molecule has 1 saturated heterocycles. The lowest BCUT2D eigenvalue weighted by molar-refractivity contribution is 0.247. The number of hydrogen-bond acceptors (Lipinski definition) is 4. The van der Waals surface area contributed by atoms with Crippen LogP contribution in [-0.2, 0) is 6.54 Å². The van der Waals surface area contributed by atoms with E-state index in [0.29, 0.717) is 0 Å². The van der Waals surface area contributed by atoms with E-state index in [1.54, 1.807) is 17.6 Å². The summed E-state index contributed by atoms with van der Waals surface area (Å²) >= 11 is 0. The molecule has 3 aromatic rings. The molecule has 0 atom stereocenters. The largest absolute Gasteiger partial charge is 0.497 e. The molecule has 0 aliphatic carbocycles. The number of imidazole rings is 1. The Morgan fingerprint density at radius 3 is 2.48 bits per heavy atom. The van der Waals surface area contributed by atoms with Crippen LogP contribution in [0.2, 0.25) is 0 Å². The Balaban J connectivity index is 1.37. The van der Waals surface area contributed by atoms with Gasteiger partial charge in [0.15, 0.2) is 0 Å². The van der Waals surface area contributed by atoms with Crippen LogP contribution in [0.3, 0.4) is 0 Å². The first-order chi connectivity index (χ1) is 12.2. The van der Waals surface area contributed by atoms with Gasteiger partial charge in [-0.1, -0.05) is 0 Å². The summed E-state index contributed by atoms with van der Waals surface area (Å²) in [6.07, 6.45) is 3.38. The molecule has 1 aliphatic heterocycles. The number of rotatable bonds is 4.